The van der Waals surface area contributed by atoms with E-state index in [0.29, 0.717) is 23.1 Å². The third-order valence-electron chi connectivity index (χ3n) is 2.65. The minimum absolute atomic E-state index is 0.0779. The van der Waals surface area contributed by atoms with Crippen molar-refractivity contribution in [2.45, 2.75) is 25.2 Å². The third-order valence-corrected chi connectivity index (χ3v) is 4.55. The first-order valence-corrected chi connectivity index (χ1v) is 8.26. The zero-order chi connectivity index (χ0) is 14.6. The summed E-state index contributed by atoms with van der Waals surface area (Å²) in [7, 11) is -3.85. The average Bonchev–Trinajstić information content (AvgIpc) is 2.34. The molecule has 0 bridgehead atoms. The Balaban J connectivity index is 3.19. The highest BCUT2D eigenvalue weighted by Crippen LogP contribution is 2.22. The molecular weight excluding hydrogens is 332 g/mol. The number of hydrogen-bond acceptors (Lipinski definition) is 3. The molecular formula is C12H17BrN2O3S. The Morgan fingerprint density at radius 2 is 2.00 bits per heavy atom. The lowest BCUT2D eigenvalue weighted by Crippen LogP contribution is -2.31. The molecule has 0 aliphatic carbocycles. The monoisotopic (exact) mass is 348 g/mol. The maximum absolute atomic E-state index is 12.2. The van der Waals surface area contributed by atoms with Gasteiger partial charge < -0.3 is 4.90 Å². The van der Waals surface area contributed by atoms with Crippen LogP contribution in [-0.4, -0.2) is 32.3 Å². The van der Waals surface area contributed by atoms with E-state index in [-0.39, 0.29) is 10.8 Å². The molecule has 1 aromatic carbocycles. The van der Waals surface area contributed by atoms with Crippen LogP contribution < -0.4 is 5.14 Å². The summed E-state index contributed by atoms with van der Waals surface area (Å²) in [4.78, 5) is 13.8. The molecule has 0 aliphatic rings. The van der Waals surface area contributed by atoms with Crippen molar-refractivity contribution < 1.29 is 13.2 Å². The number of nitrogens with zero attached hydrogens (tertiary/aromatic N) is 1. The number of nitrogens with two attached hydrogens (primary N) is 1. The molecule has 0 heterocycles. The van der Waals surface area contributed by atoms with Gasteiger partial charge in [-0.3, -0.25) is 4.79 Å². The molecule has 0 saturated heterocycles. The highest BCUT2D eigenvalue weighted by atomic mass is 79.9. The second-order valence-corrected chi connectivity index (χ2v) is 6.46. The Labute approximate surface area is 122 Å². The zero-order valence-electron chi connectivity index (χ0n) is 10.9. The lowest BCUT2D eigenvalue weighted by Gasteiger charge is -2.20. The van der Waals surface area contributed by atoms with Gasteiger partial charge in [0.05, 0.1) is 4.90 Å². The van der Waals surface area contributed by atoms with Gasteiger partial charge in [-0.2, -0.15) is 0 Å². The number of primary sulfonamides is 1. The predicted octanol–water partition coefficient (Wildman–Crippen LogP) is 1.97. The molecule has 0 aliphatic heterocycles. The first-order chi connectivity index (χ1) is 8.81. The minimum atomic E-state index is -3.85. The lowest BCUT2D eigenvalue weighted by molar-refractivity contribution is 0.0764. The maximum Gasteiger partial charge on any atom is 0.253 e. The SMILES string of the molecule is CCCN(CC)C(=O)c1ccc(Br)c(S(N)(=O)=O)c1. The van der Waals surface area contributed by atoms with Gasteiger partial charge in [0.15, 0.2) is 0 Å². The molecule has 0 unspecified atom stereocenters. The number of sulfonamides is 1. The van der Waals surface area contributed by atoms with Gasteiger partial charge in [-0.25, -0.2) is 13.6 Å². The van der Waals surface area contributed by atoms with E-state index in [0.717, 1.165) is 6.42 Å². The number of hydrogen-bond donors (Lipinski definition) is 1. The zero-order valence-corrected chi connectivity index (χ0v) is 13.3. The van der Waals surface area contributed by atoms with Crippen molar-refractivity contribution in [2.24, 2.45) is 5.14 Å². The van der Waals surface area contributed by atoms with Gasteiger partial charge >= 0.3 is 0 Å². The van der Waals surface area contributed by atoms with E-state index in [1.165, 1.54) is 12.1 Å². The van der Waals surface area contributed by atoms with Gasteiger partial charge in [0.2, 0.25) is 10.0 Å². The van der Waals surface area contributed by atoms with Crippen LogP contribution in [0.4, 0.5) is 0 Å². The molecule has 0 aromatic heterocycles. The molecule has 1 amide bonds. The number of halogens is 1. The standard InChI is InChI=1S/C12H17BrN2O3S/c1-3-7-15(4-2)12(16)9-5-6-10(13)11(8-9)19(14,17)18/h5-6,8H,3-4,7H2,1-2H3,(H2,14,17,18). The maximum atomic E-state index is 12.2. The van der Waals surface area contributed by atoms with Crippen LogP contribution in [0.25, 0.3) is 0 Å². The smallest absolute Gasteiger partial charge is 0.253 e. The van der Waals surface area contributed by atoms with Gasteiger partial charge in [-0.1, -0.05) is 6.92 Å². The van der Waals surface area contributed by atoms with Crippen LogP contribution >= 0.6 is 15.9 Å². The summed E-state index contributed by atoms with van der Waals surface area (Å²) in [5.41, 5.74) is 0.322. The molecule has 106 valence electrons. The van der Waals surface area contributed by atoms with Gasteiger partial charge in [0.1, 0.15) is 0 Å². The van der Waals surface area contributed by atoms with Crippen molar-refractivity contribution in [1.29, 1.82) is 0 Å². The minimum Gasteiger partial charge on any atom is -0.339 e. The highest BCUT2D eigenvalue weighted by molar-refractivity contribution is 9.10. The van der Waals surface area contributed by atoms with Crippen molar-refractivity contribution in [2.75, 3.05) is 13.1 Å². The molecule has 5 nitrogen and oxygen atoms in total. The van der Waals surface area contributed by atoms with E-state index < -0.39 is 10.0 Å². The van der Waals surface area contributed by atoms with E-state index >= 15 is 0 Å². The number of carbonyl (C=O) groups is 1. The first-order valence-electron chi connectivity index (χ1n) is 5.92. The summed E-state index contributed by atoms with van der Waals surface area (Å²) in [6, 6.07) is 4.41. The van der Waals surface area contributed by atoms with E-state index in [1.807, 2.05) is 13.8 Å². The van der Waals surface area contributed by atoms with E-state index in [9.17, 15) is 13.2 Å². The molecule has 0 fully saturated rings. The van der Waals surface area contributed by atoms with Crippen molar-refractivity contribution in [3.05, 3.63) is 28.2 Å². The normalized spacial score (nSPS) is 11.4. The number of rotatable bonds is 5. The summed E-state index contributed by atoms with van der Waals surface area (Å²) in [6.07, 6.45) is 0.845. The third kappa shape index (κ3) is 4.02. The number of amides is 1. The van der Waals surface area contributed by atoms with Crippen molar-refractivity contribution in [1.82, 2.24) is 4.90 Å². The molecule has 7 heteroatoms. The lowest BCUT2D eigenvalue weighted by atomic mass is 10.2. The van der Waals surface area contributed by atoms with Crippen LogP contribution in [0.3, 0.4) is 0 Å². The van der Waals surface area contributed by atoms with E-state index in [4.69, 9.17) is 5.14 Å². The molecule has 1 rings (SSSR count). The Kier molecular flexibility index (Phi) is 5.51. The highest BCUT2D eigenvalue weighted by Gasteiger charge is 2.18. The fourth-order valence-electron chi connectivity index (χ4n) is 1.71. The fraction of sp³-hybridized carbons (Fsp3) is 0.417. The van der Waals surface area contributed by atoms with Gasteiger partial charge in [0, 0.05) is 23.1 Å². The average molecular weight is 349 g/mol. The van der Waals surface area contributed by atoms with Crippen LogP contribution in [0.1, 0.15) is 30.6 Å². The Bertz CT molecular complexity index is 572. The largest absolute Gasteiger partial charge is 0.339 e. The van der Waals surface area contributed by atoms with E-state index in [2.05, 4.69) is 15.9 Å². The summed E-state index contributed by atoms with van der Waals surface area (Å²) in [5, 5.41) is 5.11. The topological polar surface area (TPSA) is 80.5 Å². The molecule has 1 aromatic rings. The predicted molar refractivity (Wildman–Crippen MR) is 77.4 cm³/mol. The van der Waals surface area contributed by atoms with Gasteiger partial charge in [0.25, 0.3) is 5.91 Å². The van der Waals surface area contributed by atoms with Crippen LogP contribution in [-0.2, 0) is 10.0 Å². The number of carbonyl (C=O) groups excluding carboxylic acids is 1. The summed E-state index contributed by atoms with van der Waals surface area (Å²) < 4.78 is 23.2. The van der Waals surface area contributed by atoms with Crippen molar-refractivity contribution >= 4 is 31.9 Å². The fourth-order valence-corrected chi connectivity index (χ4v) is 3.26. The summed E-state index contributed by atoms with van der Waals surface area (Å²) >= 11 is 3.12. The molecule has 0 radical (unpaired) electrons. The van der Waals surface area contributed by atoms with E-state index in [1.54, 1.807) is 11.0 Å². The van der Waals surface area contributed by atoms with Gasteiger partial charge in [-0.15, -0.1) is 0 Å². The second kappa shape index (κ2) is 6.49. The number of benzene rings is 1. The Hall–Kier alpha value is -0.920. The molecule has 0 spiro atoms. The summed E-state index contributed by atoms with van der Waals surface area (Å²) in [6.45, 7) is 5.07. The van der Waals surface area contributed by atoms with Gasteiger partial charge in [-0.05, 0) is 47.5 Å². The summed E-state index contributed by atoms with van der Waals surface area (Å²) in [5.74, 6) is -0.193. The molecule has 0 saturated carbocycles. The van der Waals surface area contributed by atoms with Crippen molar-refractivity contribution in [3.8, 4) is 0 Å². The second-order valence-electron chi connectivity index (χ2n) is 4.08. The van der Waals surface area contributed by atoms with Crippen molar-refractivity contribution in [3.63, 3.8) is 0 Å². The molecule has 0 atom stereocenters. The first kappa shape index (κ1) is 16.1. The van der Waals surface area contributed by atoms with Crippen LogP contribution in [0, 0.1) is 0 Å². The van der Waals surface area contributed by atoms with Crippen LogP contribution in [0.5, 0.6) is 0 Å². The van der Waals surface area contributed by atoms with Crippen LogP contribution in [0.2, 0.25) is 0 Å². The molecule has 19 heavy (non-hydrogen) atoms. The Morgan fingerprint density at radius 3 is 2.47 bits per heavy atom. The van der Waals surface area contributed by atoms with Crippen LogP contribution in [0.15, 0.2) is 27.6 Å². The Morgan fingerprint density at radius 1 is 1.37 bits per heavy atom. The quantitative estimate of drug-likeness (QED) is 0.883. The molecule has 2 N–H and O–H groups in total.